The number of halogens is 1. The summed E-state index contributed by atoms with van der Waals surface area (Å²) in [5, 5.41) is 9.75. The molecule has 0 spiro atoms. The van der Waals surface area contributed by atoms with Crippen LogP contribution in [0.2, 0.25) is 5.02 Å². The molecule has 14 heavy (non-hydrogen) atoms. The Morgan fingerprint density at radius 2 is 2.21 bits per heavy atom. The number of hydrogen-bond acceptors (Lipinski definition) is 2. The van der Waals surface area contributed by atoms with Crippen molar-refractivity contribution in [3.63, 3.8) is 0 Å². The minimum atomic E-state index is -0.000347. The van der Waals surface area contributed by atoms with E-state index >= 15 is 0 Å². The molecule has 1 aromatic carbocycles. The van der Waals surface area contributed by atoms with Gasteiger partial charge in [0, 0.05) is 17.0 Å². The van der Waals surface area contributed by atoms with Crippen molar-refractivity contribution in [3.8, 4) is 0 Å². The minimum absolute atomic E-state index is 0.000347. The zero-order chi connectivity index (χ0) is 10.0. The molecule has 0 saturated carbocycles. The molecule has 0 bridgehead atoms. The summed E-state index contributed by atoms with van der Waals surface area (Å²) in [6, 6.07) is 7.80. The fourth-order valence-electron chi connectivity index (χ4n) is 1.84. The molecule has 0 radical (unpaired) electrons. The zero-order valence-corrected chi connectivity index (χ0v) is 8.63. The molecule has 3 heteroatoms. The molecule has 1 fully saturated rings. The average Bonchev–Trinajstić information content (AvgIpc) is 2.11. The number of benzene rings is 1. The van der Waals surface area contributed by atoms with Crippen molar-refractivity contribution in [2.75, 3.05) is 19.8 Å². The van der Waals surface area contributed by atoms with Crippen LogP contribution in [0.5, 0.6) is 0 Å². The highest BCUT2D eigenvalue weighted by molar-refractivity contribution is 6.30. The molecule has 0 unspecified atom stereocenters. The molecule has 0 aliphatic carbocycles. The van der Waals surface area contributed by atoms with Crippen LogP contribution in [0.3, 0.4) is 0 Å². The molecule has 2 nitrogen and oxygen atoms in total. The van der Waals surface area contributed by atoms with Crippen molar-refractivity contribution in [2.45, 2.75) is 11.8 Å². The summed E-state index contributed by atoms with van der Waals surface area (Å²) in [7, 11) is 0. The first-order valence-electron chi connectivity index (χ1n) is 4.71. The standard InChI is InChI=1S/C11H13ClO2/c12-10-3-1-2-9(6-10)11(4-5-13)7-14-8-11/h1-3,6,13H,4-5,7-8H2. The molecule has 76 valence electrons. The number of aliphatic hydroxyl groups is 1. The molecule has 0 atom stereocenters. The van der Waals surface area contributed by atoms with E-state index in [0.29, 0.717) is 13.2 Å². The van der Waals surface area contributed by atoms with Gasteiger partial charge in [-0.3, -0.25) is 0 Å². The topological polar surface area (TPSA) is 29.5 Å². The van der Waals surface area contributed by atoms with Crippen LogP contribution in [0, 0.1) is 0 Å². The first-order valence-corrected chi connectivity index (χ1v) is 5.09. The van der Waals surface area contributed by atoms with Crippen molar-refractivity contribution < 1.29 is 9.84 Å². The summed E-state index contributed by atoms with van der Waals surface area (Å²) < 4.78 is 5.23. The quantitative estimate of drug-likeness (QED) is 0.831. The van der Waals surface area contributed by atoms with E-state index in [9.17, 15) is 0 Å². The van der Waals surface area contributed by atoms with Gasteiger partial charge in [0.05, 0.1) is 13.2 Å². The van der Waals surface area contributed by atoms with E-state index in [2.05, 4.69) is 0 Å². The summed E-state index contributed by atoms with van der Waals surface area (Å²) in [6.07, 6.45) is 0.743. The van der Waals surface area contributed by atoms with Crippen molar-refractivity contribution in [3.05, 3.63) is 34.9 Å². The van der Waals surface area contributed by atoms with Crippen LogP contribution in [0.25, 0.3) is 0 Å². The lowest BCUT2D eigenvalue weighted by Crippen LogP contribution is -2.47. The second-order valence-electron chi connectivity index (χ2n) is 3.76. The molecule has 1 aliphatic heterocycles. The molecule has 1 aliphatic rings. The molecule has 2 rings (SSSR count). The van der Waals surface area contributed by atoms with E-state index in [-0.39, 0.29) is 12.0 Å². The van der Waals surface area contributed by atoms with Gasteiger partial charge in [0.2, 0.25) is 0 Å². The maximum atomic E-state index is 9.01. The van der Waals surface area contributed by atoms with Gasteiger partial charge in [-0.15, -0.1) is 0 Å². The summed E-state index contributed by atoms with van der Waals surface area (Å²) in [4.78, 5) is 0. The van der Waals surface area contributed by atoms with E-state index in [0.717, 1.165) is 11.4 Å². The van der Waals surface area contributed by atoms with Crippen molar-refractivity contribution in [1.82, 2.24) is 0 Å². The third kappa shape index (κ3) is 1.65. The van der Waals surface area contributed by atoms with E-state index in [1.807, 2.05) is 24.3 Å². The fourth-order valence-corrected chi connectivity index (χ4v) is 2.03. The number of rotatable bonds is 3. The maximum absolute atomic E-state index is 9.01. The smallest absolute Gasteiger partial charge is 0.0586 e. The Morgan fingerprint density at radius 1 is 1.43 bits per heavy atom. The van der Waals surface area contributed by atoms with Crippen LogP contribution in [0.4, 0.5) is 0 Å². The van der Waals surface area contributed by atoms with E-state index < -0.39 is 0 Å². The highest BCUT2D eigenvalue weighted by Gasteiger charge is 2.39. The van der Waals surface area contributed by atoms with Crippen molar-refractivity contribution >= 4 is 11.6 Å². The van der Waals surface area contributed by atoms with Crippen LogP contribution in [-0.4, -0.2) is 24.9 Å². The number of ether oxygens (including phenoxy) is 1. The Kier molecular flexibility index (Phi) is 2.77. The largest absolute Gasteiger partial charge is 0.396 e. The molecular formula is C11H13ClO2. The molecule has 0 aromatic heterocycles. The predicted octanol–water partition coefficient (Wildman–Crippen LogP) is 1.99. The van der Waals surface area contributed by atoms with Gasteiger partial charge >= 0.3 is 0 Å². The number of aliphatic hydroxyl groups excluding tert-OH is 1. The third-order valence-corrected chi connectivity index (χ3v) is 3.02. The van der Waals surface area contributed by atoms with E-state index in [1.54, 1.807) is 0 Å². The van der Waals surface area contributed by atoms with E-state index in [1.165, 1.54) is 5.56 Å². The molecule has 1 aromatic rings. The first-order chi connectivity index (χ1) is 6.77. The highest BCUT2D eigenvalue weighted by atomic mass is 35.5. The Hall–Kier alpha value is -0.570. The fraction of sp³-hybridized carbons (Fsp3) is 0.455. The molecular weight excluding hydrogens is 200 g/mol. The van der Waals surface area contributed by atoms with Gasteiger partial charge in [0.1, 0.15) is 0 Å². The average molecular weight is 213 g/mol. The van der Waals surface area contributed by atoms with Gasteiger partial charge in [0.25, 0.3) is 0 Å². The summed E-state index contributed by atoms with van der Waals surface area (Å²) in [5.41, 5.74) is 1.17. The van der Waals surface area contributed by atoms with Gasteiger partial charge < -0.3 is 9.84 Å². The van der Waals surface area contributed by atoms with E-state index in [4.69, 9.17) is 21.4 Å². The van der Waals surface area contributed by atoms with Crippen LogP contribution in [0.15, 0.2) is 24.3 Å². The lowest BCUT2D eigenvalue weighted by molar-refractivity contribution is -0.0700. The predicted molar refractivity (Wildman–Crippen MR) is 55.7 cm³/mol. The lowest BCUT2D eigenvalue weighted by Gasteiger charge is -2.41. The molecule has 1 heterocycles. The van der Waals surface area contributed by atoms with Crippen LogP contribution in [0.1, 0.15) is 12.0 Å². The number of hydrogen-bond donors (Lipinski definition) is 1. The van der Waals surface area contributed by atoms with Crippen molar-refractivity contribution in [1.29, 1.82) is 0 Å². The highest BCUT2D eigenvalue weighted by Crippen LogP contribution is 2.36. The Bertz CT molecular complexity index is 321. The SMILES string of the molecule is OCCC1(c2cccc(Cl)c2)COC1. The summed E-state index contributed by atoms with van der Waals surface area (Å²) >= 11 is 5.93. The van der Waals surface area contributed by atoms with Crippen molar-refractivity contribution in [2.24, 2.45) is 0 Å². The summed E-state index contributed by atoms with van der Waals surface area (Å²) in [6.45, 7) is 1.57. The van der Waals surface area contributed by atoms with Gasteiger partial charge in [0.15, 0.2) is 0 Å². The normalized spacial score (nSPS) is 19.0. The van der Waals surface area contributed by atoms with Gasteiger partial charge in [-0.25, -0.2) is 0 Å². The zero-order valence-electron chi connectivity index (χ0n) is 7.87. The Labute approximate surface area is 88.5 Å². The van der Waals surface area contributed by atoms with Crippen LogP contribution in [-0.2, 0) is 10.2 Å². The lowest BCUT2D eigenvalue weighted by atomic mass is 9.76. The Balaban J connectivity index is 2.27. The van der Waals surface area contributed by atoms with Crippen LogP contribution >= 0.6 is 11.6 Å². The monoisotopic (exact) mass is 212 g/mol. The van der Waals surface area contributed by atoms with Gasteiger partial charge in [-0.1, -0.05) is 23.7 Å². The second-order valence-corrected chi connectivity index (χ2v) is 4.19. The third-order valence-electron chi connectivity index (χ3n) is 2.78. The maximum Gasteiger partial charge on any atom is 0.0586 e. The van der Waals surface area contributed by atoms with Crippen LogP contribution < -0.4 is 0 Å². The minimum Gasteiger partial charge on any atom is -0.396 e. The van der Waals surface area contributed by atoms with Gasteiger partial charge in [-0.05, 0) is 24.1 Å². The summed E-state index contributed by atoms with van der Waals surface area (Å²) in [5.74, 6) is 0. The molecule has 0 amide bonds. The first kappa shape index (κ1) is 9.97. The second kappa shape index (κ2) is 3.89. The molecule has 1 N–H and O–H groups in total. The molecule has 1 saturated heterocycles. The van der Waals surface area contributed by atoms with Gasteiger partial charge in [-0.2, -0.15) is 0 Å². The Morgan fingerprint density at radius 3 is 2.71 bits per heavy atom.